The first kappa shape index (κ1) is 25.6. The van der Waals surface area contributed by atoms with Gasteiger partial charge in [0.15, 0.2) is 0 Å². The highest BCUT2D eigenvalue weighted by molar-refractivity contribution is 6.31. The number of rotatable bonds is 8. The topological polar surface area (TPSA) is 80.6 Å². The van der Waals surface area contributed by atoms with E-state index in [9.17, 15) is 9.59 Å². The number of aromatic nitrogens is 1. The Bertz CT molecular complexity index is 1480. The third-order valence-electron chi connectivity index (χ3n) is 6.17. The number of aryl methyl sites for hydroxylation is 4. The molecule has 4 aromatic rings. The van der Waals surface area contributed by atoms with Crippen LogP contribution < -0.4 is 10.1 Å². The molecule has 0 aliphatic carbocycles. The number of carbonyl (C=O) groups is 2. The molecule has 0 aliphatic rings. The van der Waals surface area contributed by atoms with Crippen molar-refractivity contribution in [1.82, 2.24) is 9.88 Å². The molecule has 1 aromatic heterocycles. The fourth-order valence-corrected chi connectivity index (χ4v) is 4.78. The lowest BCUT2D eigenvalue weighted by Gasteiger charge is -2.12. The number of amides is 1. The summed E-state index contributed by atoms with van der Waals surface area (Å²) in [4.78, 5) is 23.9. The molecule has 0 radical (unpaired) electrons. The van der Waals surface area contributed by atoms with E-state index in [4.69, 9.17) is 33.0 Å². The standard InChI is InChI=1S/C28H26Cl2N2O4/c1-16-10-22(7-4-19(16)5-9-26(33)34)36-23-12-18(11-21(30)13-23)15-31-28(35)27-17(2)24-14-20(29)6-8-25(24)32(27)3/h4,6-8,10-14H,5,9,15H2,1-3H3,(H,31,35)(H,33,34). The summed E-state index contributed by atoms with van der Waals surface area (Å²) in [5.41, 5.74) is 5.08. The Balaban J connectivity index is 1.48. The molecule has 6 nitrogen and oxygen atoms in total. The highest BCUT2D eigenvalue weighted by Crippen LogP contribution is 2.29. The van der Waals surface area contributed by atoms with Crippen molar-refractivity contribution >= 4 is 46.0 Å². The summed E-state index contributed by atoms with van der Waals surface area (Å²) in [6.07, 6.45) is 0.544. The van der Waals surface area contributed by atoms with Gasteiger partial charge in [-0.25, -0.2) is 0 Å². The first-order valence-corrected chi connectivity index (χ1v) is 12.2. The summed E-state index contributed by atoms with van der Waals surface area (Å²) in [7, 11) is 1.86. The van der Waals surface area contributed by atoms with Gasteiger partial charge in [-0.1, -0.05) is 29.3 Å². The number of aliphatic carboxylic acids is 1. The third kappa shape index (κ3) is 5.66. The van der Waals surface area contributed by atoms with E-state index in [1.165, 1.54) is 0 Å². The zero-order valence-corrected chi connectivity index (χ0v) is 21.7. The monoisotopic (exact) mass is 524 g/mol. The lowest BCUT2D eigenvalue weighted by atomic mass is 10.0. The van der Waals surface area contributed by atoms with Crippen LogP contribution in [0.1, 0.15) is 39.2 Å². The zero-order valence-electron chi connectivity index (χ0n) is 20.2. The van der Waals surface area contributed by atoms with E-state index in [2.05, 4.69) is 5.32 Å². The van der Waals surface area contributed by atoms with Gasteiger partial charge in [0.1, 0.15) is 17.2 Å². The number of carboxylic acid groups (broad SMARTS) is 1. The molecule has 0 aliphatic heterocycles. The molecular formula is C28H26Cl2N2O4. The van der Waals surface area contributed by atoms with E-state index < -0.39 is 5.97 Å². The van der Waals surface area contributed by atoms with E-state index >= 15 is 0 Å². The van der Waals surface area contributed by atoms with Crippen molar-refractivity contribution in [3.8, 4) is 11.5 Å². The molecule has 4 rings (SSSR count). The molecule has 36 heavy (non-hydrogen) atoms. The molecule has 0 bridgehead atoms. The average molecular weight is 525 g/mol. The van der Waals surface area contributed by atoms with Crippen LogP contribution in [0.3, 0.4) is 0 Å². The number of hydrogen-bond donors (Lipinski definition) is 2. The Hall–Kier alpha value is -3.48. The molecule has 0 saturated carbocycles. The number of nitrogens with one attached hydrogen (secondary N) is 1. The predicted octanol–water partition coefficient (Wildman–Crippen LogP) is 6.84. The Morgan fingerprint density at radius 1 is 0.972 bits per heavy atom. The Morgan fingerprint density at radius 2 is 1.75 bits per heavy atom. The molecule has 186 valence electrons. The minimum absolute atomic E-state index is 0.0798. The van der Waals surface area contributed by atoms with Crippen LogP contribution in [0.4, 0.5) is 0 Å². The third-order valence-corrected chi connectivity index (χ3v) is 6.63. The molecule has 0 spiro atoms. The molecule has 3 aromatic carbocycles. The van der Waals surface area contributed by atoms with Crippen LogP contribution in [-0.2, 0) is 24.8 Å². The molecule has 1 heterocycles. The molecule has 0 atom stereocenters. The Labute approximate surface area is 219 Å². The maximum atomic E-state index is 13.1. The number of hydrogen-bond acceptors (Lipinski definition) is 3. The summed E-state index contributed by atoms with van der Waals surface area (Å²) in [5, 5.41) is 13.9. The predicted molar refractivity (Wildman–Crippen MR) is 142 cm³/mol. The number of ether oxygens (including phenoxy) is 1. The lowest BCUT2D eigenvalue weighted by molar-refractivity contribution is -0.136. The highest BCUT2D eigenvalue weighted by Gasteiger charge is 2.18. The van der Waals surface area contributed by atoms with Gasteiger partial charge in [-0.05, 0) is 91.1 Å². The van der Waals surface area contributed by atoms with Crippen LogP contribution in [-0.4, -0.2) is 21.6 Å². The van der Waals surface area contributed by atoms with Crippen molar-refractivity contribution in [3.05, 3.63) is 92.6 Å². The first-order chi connectivity index (χ1) is 17.1. The highest BCUT2D eigenvalue weighted by atomic mass is 35.5. The number of carbonyl (C=O) groups excluding carboxylic acids is 1. The van der Waals surface area contributed by atoms with Gasteiger partial charge < -0.3 is 19.7 Å². The fourth-order valence-electron chi connectivity index (χ4n) is 4.36. The quantitative estimate of drug-likeness (QED) is 0.264. The van der Waals surface area contributed by atoms with Gasteiger partial charge in [-0.2, -0.15) is 0 Å². The van der Waals surface area contributed by atoms with E-state index in [1.807, 2.05) is 67.9 Å². The summed E-state index contributed by atoms with van der Waals surface area (Å²) in [5.74, 6) is 0.138. The largest absolute Gasteiger partial charge is 0.481 e. The van der Waals surface area contributed by atoms with Gasteiger partial charge in [-0.15, -0.1) is 0 Å². The van der Waals surface area contributed by atoms with Crippen LogP contribution in [0.5, 0.6) is 11.5 Å². The maximum Gasteiger partial charge on any atom is 0.303 e. The number of halogens is 2. The smallest absolute Gasteiger partial charge is 0.303 e. The molecule has 0 saturated heterocycles. The van der Waals surface area contributed by atoms with Gasteiger partial charge in [0.05, 0.1) is 0 Å². The lowest BCUT2D eigenvalue weighted by Crippen LogP contribution is -2.25. The minimum atomic E-state index is -0.826. The number of nitrogens with zero attached hydrogens (tertiary/aromatic N) is 1. The van der Waals surface area contributed by atoms with Crippen LogP contribution in [0.25, 0.3) is 10.9 Å². The van der Waals surface area contributed by atoms with Gasteiger partial charge in [0, 0.05) is 41.0 Å². The van der Waals surface area contributed by atoms with Crippen molar-refractivity contribution in [1.29, 1.82) is 0 Å². The molecular weight excluding hydrogens is 499 g/mol. The van der Waals surface area contributed by atoms with E-state index in [1.54, 1.807) is 12.1 Å². The number of carboxylic acids is 1. The van der Waals surface area contributed by atoms with Gasteiger partial charge >= 0.3 is 5.97 Å². The Morgan fingerprint density at radius 3 is 2.47 bits per heavy atom. The van der Waals surface area contributed by atoms with Crippen molar-refractivity contribution in [3.63, 3.8) is 0 Å². The normalized spacial score (nSPS) is 11.0. The summed E-state index contributed by atoms with van der Waals surface area (Å²) in [6, 6.07) is 16.4. The number of benzene rings is 3. The van der Waals surface area contributed by atoms with E-state index in [0.29, 0.717) is 33.7 Å². The van der Waals surface area contributed by atoms with Crippen LogP contribution >= 0.6 is 23.2 Å². The summed E-state index contributed by atoms with van der Waals surface area (Å²) < 4.78 is 7.88. The fraction of sp³-hybridized carbons (Fsp3) is 0.214. The van der Waals surface area contributed by atoms with Crippen molar-refractivity contribution < 1.29 is 19.4 Å². The van der Waals surface area contributed by atoms with Crippen LogP contribution in [0, 0.1) is 13.8 Å². The Kier molecular flexibility index (Phi) is 7.57. The van der Waals surface area contributed by atoms with Gasteiger partial charge in [0.2, 0.25) is 0 Å². The van der Waals surface area contributed by atoms with Crippen LogP contribution in [0.2, 0.25) is 10.0 Å². The molecule has 0 unspecified atom stereocenters. The second-order valence-corrected chi connectivity index (χ2v) is 9.63. The average Bonchev–Trinajstić information content (AvgIpc) is 3.05. The van der Waals surface area contributed by atoms with Crippen molar-refractivity contribution in [2.24, 2.45) is 7.05 Å². The maximum absolute atomic E-state index is 13.1. The number of fused-ring (bicyclic) bond motifs is 1. The SMILES string of the molecule is Cc1cc(Oc2cc(Cl)cc(CNC(=O)c3c(C)c4cc(Cl)ccc4n3C)c2)ccc1CCC(=O)O. The summed E-state index contributed by atoms with van der Waals surface area (Å²) in [6.45, 7) is 4.10. The van der Waals surface area contributed by atoms with E-state index in [-0.39, 0.29) is 18.9 Å². The second kappa shape index (κ2) is 10.6. The van der Waals surface area contributed by atoms with Gasteiger partial charge in [0.25, 0.3) is 5.91 Å². The second-order valence-electron chi connectivity index (χ2n) is 8.76. The van der Waals surface area contributed by atoms with Crippen LogP contribution in [0.15, 0.2) is 54.6 Å². The molecule has 0 fully saturated rings. The zero-order chi connectivity index (χ0) is 26.0. The van der Waals surface area contributed by atoms with E-state index in [0.717, 1.165) is 33.2 Å². The van der Waals surface area contributed by atoms with Crippen molar-refractivity contribution in [2.75, 3.05) is 0 Å². The minimum Gasteiger partial charge on any atom is -0.481 e. The summed E-state index contributed by atoms with van der Waals surface area (Å²) >= 11 is 12.5. The molecule has 1 amide bonds. The van der Waals surface area contributed by atoms with Gasteiger partial charge in [-0.3, -0.25) is 9.59 Å². The van der Waals surface area contributed by atoms with Crippen molar-refractivity contribution in [2.45, 2.75) is 33.2 Å². The molecule has 8 heteroatoms. The first-order valence-electron chi connectivity index (χ1n) is 11.4. The molecule has 2 N–H and O–H groups in total.